The molecule has 2 atom stereocenters. The van der Waals surface area contributed by atoms with E-state index in [4.69, 9.17) is 4.74 Å². The second kappa shape index (κ2) is 4.69. The summed E-state index contributed by atoms with van der Waals surface area (Å²) in [6, 6.07) is 0. The van der Waals surface area contributed by atoms with Gasteiger partial charge in [0.1, 0.15) is 11.7 Å². The quantitative estimate of drug-likeness (QED) is 0.700. The Morgan fingerprint density at radius 1 is 1.50 bits per heavy atom. The van der Waals surface area contributed by atoms with Gasteiger partial charge in [0, 0.05) is 6.54 Å². The van der Waals surface area contributed by atoms with E-state index >= 15 is 0 Å². The van der Waals surface area contributed by atoms with Gasteiger partial charge in [-0.15, -0.1) is 0 Å². The molecule has 0 spiro atoms. The first kappa shape index (κ1) is 12.8. The van der Waals surface area contributed by atoms with Gasteiger partial charge >= 0.3 is 6.09 Å². The lowest BCUT2D eigenvalue weighted by molar-refractivity contribution is -0.147. The van der Waals surface area contributed by atoms with Crippen LogP contribution in [0.1, 0.15) is 27.2 Å². The van der Waals surface area contributed by atoms with E-state index in [0.29, 0.717) is 13.0 Å². The second-order valence-corrected chi connectivity index (χ2v) is 4.65. The number of rotatable bonds is 2. The molecule has 1 heterocycles. The van der Waals surface area contributed by atoms with E-state index in [1.807, 2.05) is 0 Å². The number of hydrogen-bond acceptors (Lipinski definition) is 5. The van der Waals surface area contributed by atoms with Crippen LogP contribution in [0.3, 0.4) is 0 Å². The summed E-state index contributed by atoms with van der Waals surface area (Å²) < 4.78 is 9.78. The van der Waals surface area contributed by atoms with Crippen molar-refractivity contribution in [1.29, 1.82) is 0 Å². The number of aliphatic hydroxyl groups is 1. The third-order valence-electron chi connectivity index (χ3n) is 2.13. The van der Waals surface area contributed by atoms with Crippen molar-refractivity contribution in [2.45, 2.75) is 45.1 Å². The minimum atomic E-state index is -0.938. The number of carbonyl (C=O) groups is 2. The maximum absolute atomic E-state index is 11.7. The lowest BCUT2D eigenvalue weighted by Gasteiger charge is -2.28. The zero-order valence-electron chi connectivity index (χ0n) is 9.67. The molecule has 1 fully saturated rings. The largest absolute Gasteiger partial charge is 0.444 e. The molecule has 0 bridgehead atoms. The summed E-state index contributed by atoms with van der Waals surface area (Å²) in [5.41, 5.74) is -0.615. The first-order chi connectivity index (χ1) is 7.35. The summed E-state index contributed by atoms with van der Waals surface area (Å²) in [5, 5.41) is 9.50. The van der Waals surface area contributed by atoms with Crippen LogP contribution in [0, 0.1) is 0 Å². The molecule has 0 aromatic rings. The van der Waals surface area contributed by atoms with Gasteiger partial charge in [-0.25, -0.2) is 4.79 Å². The summed E-state index contributed by atoms with van der Waals surface area (Å²) in [6.45, 7) is 5.76. The van der Waals surface area contributed by atoms with Gasteiger partial charge in [-0.3, -0.25) is 9.69 Å². The monoisotopic (exact) mass is 231 g/mol. The molecule has 0 radical (unpaired) electrons. The molecule has 1 N–H and O–H groups in total. The van der Waals surface area contributed by atoms with Crippen LogP contribution in [0.2, 0.25) is 0 Å². The van der Waals surface area contributed by atoms with E-state index in [1.165, 1.54) is 4.90 Å². The van der Waals surface area contributed by atoms with E-state index in [2.05, 4.69) is 4.74 Å². The van der Waals surface area contributed by atoms with Gasteiger partial charge in [-0.1, -0.05) is 0 Å². The third kappa shape index (κ3) is 3.10. The van der Waals surface area contributed by atoms with Crippen molar-refractivity contribution in [2.75, 3.05) is 6.54 Å². The third-order valence-corrected chi connectivity index (χ3v) is 2.13. The fourth-order valence-corrected chi connectivity index (χ4v) is 1.49. The number of carbonyl (C=O) groups excluding carboxylic acids is 2. The van der Waals surface area contributed by atoms with Crippen molar-refractivity contribution >= 4 is 12.6 Å². The molecular formula is C10H17NO5. The molecule has 1 aliphatic heterocycles. The van der Waals surface area contributed by atoms with Gasteiger partial charge in [0.05, 0.1) is 0 Å². The highest BCUT2D eigenvalue weighted by molar-refractivity contribution is 5.69. The van der Waals surface area contributed by atoms with Gasteiger partial charge in [0.15, 0.2) is 0 Å². The summed E-state index contributed by atoms with van der Waals surface area (Å²) in [5.74, 6) is 0. The number of aliphatic hydroxyl groups excluding tert-OH is 1. The van der Waals surface area contributed by atoms with Crippen molar-refractivity contribution in [2.24, 2.45) is 0 Å². The first-order valence-electron chi connectivity index (χ1n) is 5.12. The fourth-order valence-electron chi connectivity index (χ4n) is 1.49. The highest BCUT2D eigenvalue weighted by Crippen LogP contribution is 2.21. The molecule has 1 amide bonds. The van der Waals surface area contributed by atoms with E-state index in [-0.39, 0.29) is 6.47 Å². The van der Waals surface area contributed by atoms with Crippen molar-refractivity contribution in [3.63, 3.8) is 0 Å². The second-order valence-electron chi connectivity index (χ2n) is 4.65. The van der Waals surface area contributed by atoms with Gasteiger partial charge < -0.3 is 14.6 Å². The summed E-state index contributed by atoms with van der Waals surface area (Å²) >= 11 is 0. The van der Waals surface area contributed by atoms with E-state index in [1.54, 1.807) is 20.8 Å². The number of amides is 1. The summed E-state index contributed by atoms with van der Waals surface area (Å²) in [4.78, 5) is 23.1. The molecule has 0 aromatic heterocycles. The maximum atomic E-state index is 11.7. The van der Waals surface area contributed by atoms with Crippen LogP contribution >= 0.6 is 0 Å². The van der Waals surface area contributed by atoms with Crippen LogP contribution in [-0.2, 0) is 14.3 Å². The van der Waals surface area contributed by atoms with Gasteiger partial charge in [0.25, 0.3) is 6.47 Å². The Morgan fingerprint density at radius 2 is 2.12 bits per heavy atom. The smallest absolute Gasteiger partial charge is 0.413 e. The van der Waals surface area contributed by atoms with Gasteiger partial charge in [-0.05, 0) is 27.2 Å². The average molecular weight is 231 g/mol. The first-order valence-corrected chi connectivity index (χ1v) is 5.12. The van der Waals surface area contributed by atoms with Crippen molar-refractivity contribution in [1.82, 2.24) is 4.90 Å². The van der Waals surface area contributed by atoms with Gasteiger partial charge in [0.2, 0.25) is 6.23 Å². The number of nitrogens with zero attached hydrogens (tertiary/aromatic N) is 1. The Morgan fingerprint density at radius 3 is 2.62 bits per heavy atom. The van der Waals surface area contributed by atoms with Crippen molar-refractivity contribution in [3.05, 3.63) is 0 Å². The van der Waals surface area contributed by atoms with E-state index in [0.717, 1.165) is 0 Å². The van der Waals surface area contributed by atoms with E-state index in [9.17, 15) is 14.7 Å². The zero-order valence-corrected chi connectivity index (χ0v) is 9.67. The predicted molar refractivity (Wildman–Crippen MR) is 54.5 cm³/mol. The summed E-state index contributed by atoms with van der Waals surface area (Å²) in [7, 11) is 0. The topological polar surface area (TPSA) is 76.1 Å². The highest BCUT2D eigenvalue weighted by Gasteiger charge is 2.39. The minimum Gasteiger partial charge on any atom is -0.444 e. The number of ether oxygens (including phenoxy) is 2. The fraction of sp³-hybridized carbons (Fsp3) is 0.800. The van der Waals surface area contributed by atoms with Gasteiger partial charge in [-0.2, -0.15) is 0 Å². The molecule has 1 saturated heterocycles. The predicted octanol–water partition coefficient (Wildman–Crippen LogP) is 0.487. The molecule has 0 saturated carbocycles. The average Bonchev–Trinajstić information content (AvgIpc) is 2.46. The van der Waals surface area contributed by atoms with Crippen LogP contribution in [0.25, 0.3) is 0 Å². The Balaban J connectivity index is 2.64. The lowest BCUT2D eigenvalue weighted by atomic mass is 10.2. The van der Waals surface area contributed by atoms with Crippen molar-refractivity contribution < 1.29 is 24.2 Å². The summed E-state index contributed by atoms with van der Waals surface area (Å²) in [6.07, 6.45) is -2.00. The van der Waals surface area contributed by atoms with Crippen LogP contribution in [0.5, 0.6) is 0 Å². The molecule has 16 heavy (non-hydrogen) atoms. The Kier molecular flexibility index (Phi) is 3.74. The molecule has 6 nitrogen and oxygen atoms in total. The SMILES string of the molecule is CC(C)(C)OC(=O)N1CC[C@@H](O)[C@@H]1OC=O. The normalized spacial score (nSPS) is 25.4. The molecule has 0 aliphatic carbocycles. The van der Waals surface area contributed by atoms with Crippen LogP contribution in [0.4, 0.5) is 4.79 Å². The standard InChI is InChI=1S/C10H17NO5/c1-10(2,3)16-9(14)11-5-4-7(13)8(11)15-6-12/h6-8,13H,4-5H2,1-3H3/t7-,8+/m1/s1. The van der Waals surface area contributed by atoms with Crippen LogP contribution < -0.4 is 0 Å². The van der Waals surface area contributed by atoms with Crippen LogP contribution in [-0.4, -0.2) is 47.0 Å². The molecule has 1 rings (SSSR count). The molecule has 92 valence electrons. The zero-order chi connectivity index (χ0) is 12.3. The molecule has 1 aliphatic rings. The number of hydrogen-bond donors (Lipinski definition) is 1. The van der Waals surface area contributed by atoms with Crippen LogP contribution in [0.15, 0.2) is 0 Å². The molecule has 0 unspecified atom stereocenters. The number of likely N-dealkylation sites (tertiary alicyclic amines) is 1. The lowest BCUT2D eigenvalue weighted by Crippen LogP contribution is -2.43. The molecular weight excluding hydrogens is 214 g/mol. The Bertz CT molecular complexity index is 273. The van der Waals surface area contributed by atoms with E-state index < -0.39 is 24.0 Å². The van der Waals surface area contributed by atoms with Crippen molar-refractivity contribution in [3.8, 4) is 0 Å². The maximum Gasteiger partial charge on any atom is 0.413 e. The molecule has 0 aromatic carbocycles. The minimum absolute atomic E-state index is 0.219. The molecule has 6 heteroatoms. The Hall–Kier alpha value is -1.30. The Labute approximate surface area is 94.1 Å². The highest BCUT2D eigenvalue weighted by atomic mass is 16.6.